The Morgan fingerprint density at radius 1 is 1.20 bits per heavy atom. The van der Waals surface area contributed by atoms with Crippen LogP contribution in [-0.2, 0) is 9.53 Å². The Balaban J connectivity index is 1.91. The number of rotatable bonds is 3. The van der Waals surface area contributed by atoms with Crippen LogP contribution in [0.15, 0.2) is 24.3 Å². The lowest BCUT2D eigenvalue weighted by Gasteiger charge is -2.42. The fraction of sp³-hybridized carbons (Fsp3) is 0.579. The van der Waals surface area contributed by atoms with E-state index in [-0.39, 0.29) is 12.5 Å². The number of nitrogens with zero attached hydrogens (tertiary/aromatic N) is 2. The van der Waals surface area contributed by atoms with E-state index in [0.29, 0.717) is 24.3 Å². The molecule has 1 aliphatic carbocycles. The number of carboxylic acids is 1. The van der Waals surface area contributed by atoms with Crippen LogP contribution in [0.4, 0.5) is 5.69 Å². The first-order chi connectivity index (χ1) is 11.8. The van der Waals surface area contributed by atoms with Crippen LogP contribution in [0.1, 0.15) is 43.0 Å². The highest BCUT2D eigenvalue weighted by Crippen LogP contribution is 2.43. The number of carbonyl (C=O) groups is 2. The standard InChI is InChI=1S/C19H26N2O4/c1-13-8-10-19(11-9-13)21(16(12-25-19)18(23)24)17(22)14-4-6-15(7-5-14)20(2)3/h4-7,13,16H,8-12H2,1-3H3,(H,23,24)/t13?,16-,19?/m1/s1. The van der Waals surface area contributed by atoms with Gasteiger partial charge in [0, 0.05) is 25.3 Å². The molecule has 0 unspecified atom stereocenters. The van der Waals surface area contributed by atoms with Crippen molar-refractivity contribution in [3.63, 3.8) is 0 Å². The molecule has 1 atom stereocenters. The minimum atomic E-state index is -1.01. The summed E-state index contributed by atoms with van der Waals surface area (Å²) in [4.78, 5) is 28.3. The number of hydrogen-bond acceptors (Lipinski definition) is 4. The third-order valence-corrected chi connectivity index (χ3v) is 5.45. The number of aliphatic carboxylic acids is 1. The molecule has 6 nitrogen and oxygen atoms in total. The van der Waals surface area contributed by atoms with Crippen LogP contribution < -0.4 is 4.90 Å². The zero-order valence-corrected chi connectivity index (χ0v) is 15.1. The molecular formula is C19H26N2O4. The highest BCUT2D eigenvalue weighted by Gasteiger charge is 2.53. The van der Waals surface area contributed by atoms with E-state index in [2.05, 4.69) is 6.92 Å². The van der Waals surface area contributed by atoms with E-state index in [1.807, 2.05) is 31.1 Å². The fourth-order valence-corrected chi connectivity index (χ4v) is 3.81. The van der Waals surface area contributed by atoms with Crippen molar-refractivity contribution in [3.8, 4) is 0 Å². The van der Waals surface area contributed by atoms with Crippen LogP contribution in [0.25, 0.3) is 0 Å². The minimum Gasteiger partial charge on any atom is -0.480 e. The van der Waals surface area contributed by atoms with E-state index < -0.39 is 17.7 Å². The number of carboxylic acid groups (broad SMARTS) is 1. The van der Waals surface area contributed by atoms with Gasteiger partial charge in [0.15, 0.2) is 6.04 Å². The maximum absolute atomic E-state index is 13.2. The summed E-state index contributed by atoms with van der Waals surface area (Å²) in [6.45, 7) is 2.24. The fourth-order valence-electron chi connectivity index (χ4n) is 3.81. The lowest BCUT2D eigenvalue weighted by molar-refractivity contribution is -0.143. The normalized spacial score (nSPS) is 29.0. The van der Waals surface area contributed by atoms with Gasteiger partial charge in [0.2, 0.25) is 0 Å². The van der Waals surface area contributed by atoms with Gasteiger partial charge in [0.25, 0.3) is 5.91 Å². The van der Waals surface area contributed by atoms with Crippen LogP contribution in [0.2, 0.25) is 0 Å². The summed E-state index contributed by atoms with van der Waals surface area (Å²) in [6.07, 6.45) is 3.27. The van der Waals surface area contributed by atoms with Crippen molar-refractivity contribution < 1.29 is 19.4 Å². The van der Waals surface area contributed by atoms with Gasteiger partial charge in [-0.05, 0) is 55.9 Å². The molecule has 1 aromatic carbocycles. The number of ether oxygens (including phenoxy) is 1. The molecule has 1 aliphatic heterocycles. The number of amides is 1. The monoisotopic (exact) mass is 346 g/mol. The maximum Gasteiger partial charge on any atom is 0.328 e. The summed E-state index contributed by atoms with van der Waals surface area (Å²) >= 11 is 0. The van der Waals surface area contributed by atoms with Crippen molar-refractivity contribution >= 4 is 17.6 Å². The smallest absolute Gasteiger partial charge is 0.328 e. The molecule has 0 bridgehead atoms. The molecule has 1 saturated heterocycles. The molecule has 136 valence electrons. The van der Waals surface area contributed by atoms with Crippen LogP contribution >= 0.6 is 0 Å². The highest BCUT2D eigenvalue weighted by atomic mass is 16.5. The summed E-state index contributed by atoms with van der Waals surface area (Å²) in [5.74, 6) is -0.687. The SMILES string of the molecule is CC1CCC2(CC1)OC[C@H](C(=O)O)N2C(=O)c1ccc(N(C)C)cc1. The zero-order chi connectivity index (χ0) is 18.2. The summed E-state index contributed by atoms with van der Waals surface area (Å²) in [7, 11) is 3.87. The first kappa shape index (κ1) is 17.7. The van der Waals surface area contributed by atoms with Gasteiger partial charge in [-0.25, -0.2) is 4.79 Å². The van der Waals surface area contributed by atoms with Gasteiger partial charge in [-0.3, -0.25) is 9.69 Å². The Kier molecular flexibility index (Phi) is 4.73. The van der Waals surface area contributed by atoms with E-state index in [4.69, 9.17) is 4.74 Å². The predicted octanol–water partition coefficient (Wildman–Crippen LogP) is 2.58. The first-order valence-corrected chi connectivity index (χ1v) is 8.82. The van der Waals surface area contributed by atoms with Crippen molar-refractivity contribution in [2.75, 3.05) is 25.6 Å². The van der Waals surface area contributed by atoms with Gasteiger partial charge in [-0.2, -0.15) is 0 Å². The summed E-state index contributed by atoms with van der Waals surface area (Å²) in [5.41, 5.74) is 0.720. The van der Waals surface area contributed by atoms with Crippen molar-refractivity contribution in [2.24, 2.45) is 5.92 Å². The lowest BCUT2D eigenvalue weighted by atomic mass is 9.83. The molecule has 25 heavy (non-hydrogen) atoms. The molecule has 1 saturated carbocycles. The van der Waals surface area contributed by atoms with E-state index >= 15 is 0 Å². The second kappa shape index (κ2) is 6.67. The van der Waals surface area contributed by atoms with Gasteiger partial charge < -0.3 is 14.7 Å². The Hall–Kier alpha value is -2.08. The molecule has 2 aliphatic rings. The molecule has 0 radical (unpaired) electrons. The zero-order valence-electron chi connectivity index (χ0n) is 15.1. The summed E-state index contributed by atoms with van der Waals surface area (Å²) < 4.78 is 5.94. The topological polar surface area (TPSA) is 70.1 Å². The Morgan fingerprint density at radius 3 is 2.32 bits per heavy atom. The summed E-state index contributed by atoms with van der Waals surface area (Å²) in [5, 5.41) is 9.58. The molecule has 0 aromatic heterocycles. The molecule has 1 N–H and O–H groups in total. The van der Waals surface area contributed by atoms with Gasteiger partial charge >= 0.3 is 5.97 Å². The van der Waals surface area contributed by atoms with E-state index in [0.717, 1.165) is 18.5 Å². The number of hydrogen-bond donors (Lipinski definition) is 1. The van der Waals surface area contributed by atoms with Crippen LogP contribution in [-0.4, -0.2) is 54.4 Å². The van der Waals surface area contributed by atoms with Gasteiger partial charge in [0.1, 0.15) is 5.72 Å². The average molecular weight is 346 g/mol. The second-order valence-corrected chi connectivity index (χ2v) is 7.41. The lowest BCUT2D eigenvalue weighted by Crippen LogP contribution is -2.55. The molecule has 6 heteroatoms. The van der Waals surface area contributed by atoms with E-state index in [9.17, 15) is 14.7 Å². The molecule has 3 rings (SSSR count). The highest BCUT2D eigenvalue weighted by molar-refractivity contribution is 5.97. The molecular weight excluding hydrogens is 320 g/mol. The van der Waals surface area contributed by atoms with Crippen molar-refractivity contribution in [3.05, 3.63) is 29.8 Å². The number of benzene rings is 1. The number of anilines is 1. The predicted molar refractivity (Wildman–Crippen MR) is 94.7 cm³/mol. The number of carbonyl (C=O) groups excluding carboxylic acids is 1. The molecule has 1 heterocycles. The molecule has 2 fully saturated rings. The van der Waals surface area contributed by atoms with Gasteiger partial charge in [-0.1, -0.05) is 6.92 Å². The van der Waals surface area contributed by atoms with E-state index in [1.54, 1.807) is 12.1 Å². The van der Waals surface area contributed by atoms with Crippen LogP contribution in [0, 0.1) is 5.92 Å². The molecule has 1 amide bonds. The third kappa shape index (κ3) is 3.23. The van der Waals surface area contributed by atoms with Crippen molar-refractivity contribution in [1.82, 2.24) is 4.90 Å². The second-order valence-electron chi connectivity index (χ2n) is 7.41. The Bertz CT molecular complexity index is 648. The first-order valence-electron chi connectivity index (χ1n) is 8.82. The molecule has 1 aromatic rings. The minimum absolute atomic E-state index is 0.0607. The molecule has 1 spiro atoms. The van der Waals surface area contributed by atoms with Gasteiger partial charge in [-0.15, -0.1) is 0 Å². The van der Waals surface area contributed by atoms with Crippen molar-refractivity contribution in [2.45, 2.75) is 44.4 Å². The van der Waals surface area contributed by atoms with Crippen LogP contribution in [0.5, 0.6) is 0 Å². The van der Waals surface area contributed by atoms with E-state index in [1.165, 1.54) is 4.90 Å². The largest absolute Gasteiger partial charge is 0.480 e. The summed E-state index contributed by atoms with van der Waals surface area (Å²) in [6, 6.07) is 6.34. The Labute approximate surface area is 148 Å². The van der Waals surface area contributed by atoms with Crippen molar-refractivity contribution in [1.29, 1.82) is 0 Å². The average Bonchev–Trinajstić information content (AvgIpc) is 2.96. The van der Waals surface area contributed by atoms with Gasteiger partial charge in [0.05, 0.1) is 6.61 Å². The maximum atomic E-state index is 13.2. The Morgan fingerprint density at radius 2 is 1.80 bits per heavy atom. The van der Waals surface area contributed by atoms with Crippen LogP contribution in [0.3, 0.4) is 0 Å². The third-order valence-electron chi connectivity index (χ3n) is 5.45. The quantitative estimate of drug-likeness (QED) is 0.911.